The number of nitrogens with zero attached hydrogens (tertiary/aromatic N) is 3. The topological polar surface area (TPSA) is 74.8 Å². The van der Waals surface area contributed by atoms with Crippen LogP contribution in [0.25, 0.3) is 0 Å². The van der Waals surface area contributed by atoms with Crippen molar-refractivity contribution in [2.45, 2.75) is 59.2 Å². The molecule has 3 heterocycles. The summed E-state index contributed by atoms with van der Waals surface area (Å²) >= 11 is 6.43. The Balaban J connectivity index is 1.43. The third-order valence-electron chi connectivity index (χ3n) is 6.92. The number of carbonyl (C=O) groups excluding carboxylic acids is 2. The molecule has 1 N–H and O–H groups in total. The van der Waals surface area contributed by atoms with Gasteiger partial charge >= 0.3 is 0 Å². The fourth-order valence-corrected chi connectivity index (χ4v) is 4.93. The molecule has 0 unspecified atom stereocenters. The molecule has 2 aliphatic heterocycles. The minimum atomic E-state index is -0.275. The van der Waals surface area contributed by atoms with Gasteiger partial charge in [0.05, 0.1) is 5.56 Å². The van der Waals surface area contributed by atoms with Gasteiger partial charge in [-0.1, -0.05) is 11.6 Å². The van der Waals surface area contributed by atoms with E-state index in [4.69, 9.17) is 16.3 Å². The van der Waals surface area contributed by atoms with Gasteiger partial charge in [0.15, 0.2) is 0 Å². The zero-order valence-corrected chi connectivity index (χ0v) is 21.1. The van der Waals surface area contributed by atoms with Gasteiger partial charge in [-0.2, -0.15) is 0 Å². The minimum Gasteiger partial charge on any atom is -0.368 e. The summed E-state index contributed by atoms with van der Waals surface area (Å²) in [5.41, 5.74) is 5.15. The molecule has 2 aromatic rings. The first-order valence-electron chi connectivity index (χ1n) is 11.9. The van der Waals surface area contributed by atoms with Crippen LogP contribution in [0.2, 0.25) is 5.02 Å². The van der Waals surface area contributed by atoms with Gasteiger partial charge in [0.1, 0.15) is 6.10 Å². The zero-order valence-electron chi connectivity index (χ0n) is 20.4. The molecule has 7 nitrogen and oxygen atoms in total. The van der Waals surface area contributed by atoms with Gasteiger partial charge in [0.25, 0.3) is 11.8 Å². The summed E-state index contributed by atoms with van der Waals surface area (Å²) in [6.45, 7) is 11.6. The molecule has 34 heavy (non-hydrogen) atoms. The van der Waals surface area contributed by atoms with Crippen LogP contribution in [0.3, 0.4) is 0 Å². The highest BCUT2D eigenvalue weighted by Crippen LogP contribution is 2.28. The van der Waals surface area contributed by atoms with E-state index in [-0.39, 0.29) is 24.0 Å². The van der Waals surface area contributed by atoms with Gasteiger partial charge in [-0.3, -0.25) is 19.5 Å². The number of carbonyl (C=O) groups is 2. The fourth-order valence-electron chi connectivity index (χ4n) is 4.69. The van der Waals surface area contributed by atoms with Crippen molar-refractivity contribution < 1.29 is 14.3 Å². The molecule has 1 aromatic carbocycles. The van der Waals surface area contributed by atoms with E-state index in [1.807, 2.05) is 37.8 Å². The van der Waals surface area contributed by atoms with Gasteiger partial charge in [0.2, 0.25) is 0 Å². The summed E-state index contributed by atoms with van der Waals surface area (Å²) in [6, 6.07) is 5.70. The molecule has 0 radical (unpaired) electrons. The normalized spacial score (nSPS) is 21.0. The van der Waals surface area contributed by atoms with E-state index in [0.717, 1.165) is 48.3 Å². The number of benzene rings is 1. The van der Waals surface area contributed by atoms with E-state index in [1.165, 1.54) is 0 Å². The van der Waals surface area contributed by atoms with Crippen LogP contribution in [0.1, 0.15) is 52.5 Å². The SMILES string of the molecule is Cc1cc(C(=O)Nc2cc(Cl)cc(CN3CCN(C(=O)[C@@H]4CCCO4)[C@@H](C)C3)c2C)cnc1C. The van der Waals surface area contributed by atoms with E-state index >= 15 is 0 Å². The van der Waals surface area contributed by atoms with E-state index in [1.54, 1.807) is 12.3 Å². The van der Waals surface area contributed by atoms with Crippen molar-refractivity contribution >= 4 is 29.1 Å². The lowest BCUT2D eigenvalue weighted by molar-refractivity contribution is -0.145. The van der Waals surface area contributed by atoms with Crippen molar-refractivity contribution in [2.24, 2.45) is 0 Å². The van der Waals surface area contributed by atoms with Crippen LogP contribution in [0, 0.1) is 20.8 Å². The molecule has 0 spiro atoms. The Morgan fingerprint density at radius 2 is 2.00 bits per heavy atom. The molecule has 4 rings (SSSR count). The summed E-state index contributed by atoms with van der Waals surface area (Å²) < 4.78 is 5.60. The van der Waals surface area contributed by atoms with E-state index < -0.39 is 0 Å². The summed E-state index contributed by atoms with van der Waals surface area (Å²) in [7, 11) is 0. The summed E-state index contributed by atoms with van der Waals surface area (Å²) in [5, 5.41) is 3.58. The van der Waals surface area contributed by atoms with Crippen molar-refractivity contribution in [2.75, 3.05) is 31.6 Å². The zero-order chi connectivity index (χ0) is 24.4. The van der Waals surface area contributed by atoms with Gasteiger partial charge < -0.3 is 15.0 Å². The fraction of sp³-hybridized carbons (Fsp3) is 0.500. The van der Waals surface area contributed by atoms with E-state index in [0.29, 0.717) is 36.0 Å². The standard InChI is InChI=1S/C26H33ClN4O3/c1-16-10-20(13-28-19(16)4)25(32)29-23-12-22(27)11-21(18(23)3)15-30-7-8-31(17(2)14-30)26(33)24-6-5-9-34-24/h10-13,17,24H,5-9,14-15H2,1-4H3,(H,29,32)/t17-,24-/m0/s1. The molecule has 2 fully saturated rings. The Morgan fingerprint density at radius 1 is 1.21 bits per heavy atom. The highest BCUT2D eigenvalue weighted by Gasteiger charge is 2.34. The quantitative estimate of drug-likeness (QED) is 0.690. The maximum Gasteiger partial charge on any atom is 0.257 e. The number of amides is 2. The number of aryl methyl sites for hydroxylation is 2. The Morgan fingerprint density at radius 3 is 2.68 bits per heavy atom. The lowest BCUT2D eigenvalue weighted by atomic mass is 10.0. The van der Waals surface area contributed by atoms with Crippen molar-refractivity contribution in [1.82, 2.24) is 14.8 Å². The molecule has 2 saturated heterocycles. The lowest BCUT2D eigenvalue weighted by Crippen LogP contribution is -2.55. The first-order valence-corrected chi connectivity index (χ1v) is 12.3. The number of anilines is 1. The van der Waals surface area contributed by atoms with Gasteiger partial charge in [-0.15, -0.1) is 0 Å². The van der Waals surface area contributed by atoms with Crippen LogP contribution in [0.5, 0.6) is 0 Å². The lowest BCUT2D eigenvalue weighted by Gasteiger charge is -2.41. The molecule has 1 aromatic heterocycles. The van der Waals surface area contributed by atoms with Crippen LogP contribution in [0.15, 0.2) is 24.4 Å². The maximum absolute atomic E-state index is 12.8. The molecule has 2 atom stereocenters. The molecule has 0 aliphatic carbocycles. The third-order valence-corrected chi connectivity index (χ3v) is 7.14. The number of pyridine rings is 1. The summed E-state index contributed by atoms with van der Waals surface area (Å²) in [4.78, 5) is 34.2. The number of hydrogen-bond acceptors (Lipinski definition) is 5. The number of nitrogens with one attached hydrogen (secondary N) is 1. The van der Waals surface area contributed by atoms with E-state index in [9.17, 15) is 9.59 Å². The Labute approximate surface area is 206 Å². The van der Waals surface area contributed by atoms with Crippen LogP contribution >= 0.6 is 11.6 Å². The second-order valence-corrected chi connectivity index (χ2v) is 9.87. The molecule has 8 heteroatoms. The second kappa shape index (κ2) is 10.4. The molecular formula is C26H33ClN4O3. The van der Waals surface area contributed by atoms with E-state index in [2.05, 4.69) is 22.1 Å². The third kappa shape index (κ3) is 5.43. The predicted octanol–water partition coefficient (Wildman–Crippen LogP) is 4.12. The maximum atomic E-state index is 12.8. The molecule has 182 valence electrons. The number of halogens is 1. The van der Waals surface area contributed by atoms with Crippen molar-refractivity contribution in [3.05, 3.63) is 57.4 Å². The molecule has 2 aliphatic rings. The van der Waals surface area contributed by atoms with Gasteiger partial charge in [-0.25, -0.2) is 0 Å². The minimum absolute atomic E-state index is 0.112. The van der Waals surface area contributed by atoms with Gasteiger partial charge in [0, 0.05) is 61.4 Å². The Hall–Kier alpha value is -2.48. The monoisotopic (exact) mass is 484 g/mol. The number of piperazine rings is 1. The average molecular weight is 485 g/mol. The Kier molecular flexibility index (Phi) is 7.55. The number of hydrogen-bond donors (Lipinski definition) is 1. The summed E-state index contributed by atoms with van der Waals surface area (Å²) in [5.74, 6) is -0.0868. The first-order chi connectivity index (χ1) is 16.2. The van der Waals surface area contributed by atoms with Crippen molar-refractivity contribution in [3.8, 4) is 0 Å². The van der Waals surface area contributed by atoms with Crippen molar-refractivity contribution in [1.29, 1.82) is 0 Å². The van der Waals surface area contributed by atoms with Crippen LogP contribution < -0.4 is 5.32 Å². The molecule has 0 saturated carbocycles. The largest absolute Gasteiger partial charge is 0.368 e. The number of aromatic nitrogens is 1. The van der Waals surface area contributed by atoms with Gasteiger partial charge in [-0.05, 0) is 75.4 Å². The van der Waals surface area contributed by atoms with Crippen molar-refractivity contribution in [3.63, 3.8) is 0 Å². The van der Waals surface area contributed by atoms with Crippen LogP contribution in [-0.2, 0) is 16.1 Å². The first kappa shape index (κ1) is 24.6. The highest BCUT2D eigenvalue weighted by atomic mass is 35.5. The van der Waals surface area contributed by atoms with Crippen LogP contribution in [-0.4, -0.2) is 65.0 Å². The number of rotatable bonds is 5. The van der Waals surface area contributed by atoms with Crippen LogP contribution in [0.4, 0.5) is 5.69 Å². The number of ether oxygens (including phenoxy) is 1. The Bertz CT molecular complexity index is 1080. The molecule has 2 amide bonds. The molecular weight excluding hydrogens is 452 g/mol. The highest BCUT2D eigenvalue weighted by molar-refractivity contribution is 6.31. The average Bonchev–Trinajstić information content (AvgIpc) is 3.33. The second-order valence-electron chi connectivity index (χ2n) is 9.44. The molecule has 0 bridgehead atoms. The summed E-state index contributed by atoms with van der Waals surface area (Å²) in [6.07, 6.45) is 3.10. The smallest absolute Gasteiger partial charge is 0.257 e. The predicted molar refractivity (Wildman–Crippen MR) is 133 cm³/mol.